The molecule has 0 unspecified atom stereocenters. The van der Waals surface area contributed by atoms with Gasteiger partial charge in [-0.3, -0.25) is 0 Å². The summed E-state index contributed by atoms with van der Waals surface area (Å²) in [5.74, 6) is 0. The third kappa shape index (κ3) is 6.17. The van der Waals surface area contributed by atoms with Gasteiger partial charge in [-0.05, 0) is 123 Å². The van der Waals surface area contributed by atoms with Crippen molar-refractivity contribution in [3.63, 3.8) is 0 Å². The van der Waals surface area contributed by atoms with E-state index >= 15 is 0 Å². The van der Waals surface area contributed by atoms with Crippen LogP contribution in [0.4, 0.5) is 17.1 Å². The third-order valence-corrected chi connectivity index (χ3v) is 12.8. The van der Waals surface area contributed by atoms with Crippen molar-refractivity contribution in [2.45, 2.75) is 0 Å². The lowest BCUT2D eigenvalue weighted by Crippen LogP contribution is -2.10. The van der Waals surface area contributed by atoms with Crippen molar-refractivity contribution in [2.75, 3.05) is 4.90 Å². The largest absolute Gasteiger partial charge is 0.310 e. The van der Waals surface area contributed by atoms with Gasteiger partial charge >= 0.3 is 0 Å². The fourth-order valence-corrected chi connectivity index (χ4v) is 10.1. The van der Waals surface area contributed by atoms with Crippen molar-refractivity contribution in [1.82, 2.24) is 0 Å². The highest BCUT2D eigenvalue weighted by atomic mass is 15.1. The maximum Gasteiger partial charge on any atom is 0.0540 e. The molecule has 1 nitrogen and oxygen atoms in total. The highest BCUT2D eigenvalue weighted by Gasteiger charge is 2.21. The van der Waals surface area contributed by atoms with Crippen molar-refractivity contribution in [2.24, 2.45) is 0 Å². The zero-order chi connectivity index (χ0) is 41.7. The minimum absolute atomic E-state index is 1.10. The predicted octanol–water partition coefficient (Wildman–Crippen LogP) is 17.6. The van der Waals surface area contributed by atoms with E-state index in [0.29, 0.717) is 0 Å². The van der Waals surface area contributed by atoms with Gasteiger partial charge in [-0.2, -0.15) is 0 Å². The van der Waals surface area contributed by atoms with Crippen molar-refractivity contribution in [3.05, 3.63) is 249 Å². The molecular formula is C62H41N. The predicted molar refractivity (Wildman–Crippen MR) is 270 cm³/mol. The molecule has 0 radical (unpaired) electrons. The highest BCUT2D eigenvalue weighted by molar-refractivity contribution is 6.23. The van der Waals surface area contributed by atoms with Gasteiger partial charge in [-0.25, -0.2) is 0 Å². The molecule has 0 saturated carbocycles. The number of hydrogen-bond acceptors (Lipinski definition) is 1. The lowest BCUT2D eigenvalue weighted by molar-refractivity contribution is 1.30. The molecule has 0 atom stereocenters. The molecule has 0 amide bonds. The van der Waals surface area contributed by atoms with E-state index in [1.807, 2.05) is 0 Å². The van der Waals surface area contributed by atoms with Crippen LogP contribution < -0.4 is 4.90 Å². The number of anilines is 3. The summed E-state index contributed by atoms with van der Waals surface area (Å²) >= 11 is 0. The van der Waals surface area contributed by atoms with Gasteiger partial charge in [0.15, 0.2) is 0 Å². The Morgan fingerprint density at radius 2 is 0.460 bits per heavy atom. The van der Waals surface area contributed by atoms with Gasteiger partial charge in [0.1, 0.15) is 0 Å². The molecule has 0 bridgehead atoms. The van der Waals surface area contributed by atoms with E-state index in [1.54, 1.807) is 0 Å². The molecule has 0 spiro atoms. The van der Waals surface area contributed by atoms with Crippen LogP contribution in [0.15, 0.2) is 249 Å². The summed E-state index contributed by atoms with van der Waals surface area (Å²) in [6, 6.07) is 90.9. The molecule has 12 rings (SSSR count). The summed E-state index contributed by atoms with van der Waals surface area (Å²) in [5, 5.41) is 12.5. The fourth-order valence-electron chi connectivity index (χ4n) is 10.1. The maximum absolute atomic E-state index is 2.42. The first-order valence-corrected chi connectivity index (χ1v) is 21.8. The molecule has 0 fully saturated rings. The smallest absolute Gasteiger partial charge is 0.0540 e. The lowest BCUT2D eigenvalue weighted by Gasteiger charge is -2.27. The molecule has 0 aliphatic carbocycles. The Morgan fingerprint density at radius 3 is 0.810 bits per heavy atom. The van der Waals surface area contributed by atoms with Gasteiger partial charge in [-0.1, -0.05) is 218 Å². The highest BCUT2D eigenvalue weighted by Crippen LogP contribution is 2.47. The topological polar surface area (TPSA) is 3.24 Å². The van der Waals surface area contributed by atoms with Crippen LogP contribution in [0.5, 0.6) is 0 Å². The zero-order valence-corrected chi connectivity index (χ0v) is 34.6. The van der Waals surface area contributed by atoms with Crippen LogP contribution in [0, 0.1) is 0 Å². The van der Waals surface area contributed by atoms with Crippen LogP contribution in [0.3, 0.4) is 0 Å². The summed E-state index contributed by atoms with van der Waals surface area (Å²) in [7, 11) is 0. The molecule has 0 aromatic heterocycles. The molecule has 0 heterocycles. The number of hydrogen-bond donors (Lipinski definition) is 0. The van der Waals surface area contributed by atoms with Gasteiger partial charge in [0.05, 0.1) is 5.69 Å². The normalized spacial score (nSPS) is 11.5. The van der Waals surface area contributed by atoms with Crippen molar-refractivity contribution in [3.8, 4) is 44.5 Å². The fraction of sp³-hybridized carbons (Fsp3) is 0. The van der Waals surface area contributed by atoms with E-state index in [1.165, 1.54) is 98.4 Å². The number of fused-ring (bicyclic) bond motifs is 5. The van der Waals surface area contributed by atoms with E-state index in [2.05, 4.69) is 254 Å². The van der Waals surface area contributed by atoms with Crippen LogP contribution in [-0.4, -0.2) is 0 Å². The van der Waals surface area contributed by atoms with E-state index in [0.717, 1.165) is 17.1 Å². The molecule has 294 valence electrons. The number of rotatable bonds is 7. The molecule has 12 aromatic carbocycles. The second kappa shape index (κ2) is 15.3. The first-order chi connectivity index (χ1) is 31.3. The molecule has 0 aliphatic rings. The quantitative estimate of drug-likeness (QED) is 0.145. The number of benzene rings is 12. The second-order valence-electron chi connectivity index (χ2n) is 16.3. The van der Waals surface area contributed by atoms with Gasteiger partial charge in [-0.15, -0.1) is 0 Å². The molecule has 63 heavy (non-hydrogen) atoms. The van der Waals surface area contributed by atoms with Crippen LogP contribution in [0.25, 0.3) is 98.4 Å². The van der Waals surface area contributed by atoms with Crippen molar-refractivity contribution >= 4 is 70.9 Å². The second-order valence-corrected chi connectivity index (χ2v) is 16.3. The maximum atomic E-state index is 2.42. The van der Waals surface area contributed by atoms with Gasteiger partial charge in [0, 0.05) is 16.8 Å². The van der Waals surface area contributed by atoms with Crippen LogP contribution in [0.1, 0.15) is 0 Å². The molecule has 0 aliphatic heterocycles. The van der Waals surface area contributed by atoms with Crippen LogP contribution >= 0.6 is 0 Å². The molecule has 0 N–H and O–H groups in total. The first-order valence-electron chi connectivity index (χ1n) is 21.8. The summed E-state index contributed by atoms with van der Waals surface area (Å²) in [6.07, 6.45) is 0. The average molecular weight is 800 g/mol. The monoisotopic (exact) mass is 799 g/mol. The first kappa shape index (κ1) is 36.6. The van der Waals surface area contributed by atoms with Gasteiger partial charge in [0.2, 0.25) is 0 Å². The Balaban J connectivity index is 1.02. The third-order valence-electron chi connectivity index (χ3n) is 12.8. The molecular weight excluding hydrogens is 759 g/mol. The van der Waals surface area contributed by atoms with E-state index < -0.39 is 0 Å². The Hall–Kier alpha value is -8.26. The minimum atomic E-state index is 1.10. The Kier molecular flexibility index (Phi) is 8.90. The Bertz CT molecular complexity index is 3320. The Labute approximate surface area is 367 Å². The van der Waals surface area contributed by atoms with Gasteiger partial charge in [0.25, 0.3) is 0 Å². The van der Waals surface area contributed by atoms with Crippen LogP contribution in [0.2, 0.25) is 0 Å². The standard InChI is InChI=1S/C62H41N/c1-3-19-43(20-4-1)59-50-25-9-13-29-54(50)61(55-30-14-10-26-51(55)59)45-34-38-47(39-35-45)63(58-33-17-23-42-18-7-8-24-49(42)58)48-40-36-46(37-41-48)62-56-31-15-11-27-52(56)60(44-21-5-2-6-22-44)53-28-12-16-32-57(53)62/h1-41H. The average Bonchev–Trinajstić information content (AvgIpc) is 3.36. The van der Waals surface area contributed by atoms with E-state index in [9.17, 15) is 0 Å². The van der Waals surface area contributed by atoms with E-state index in [4.69, 9.17) is 0 Å². The molecule has 12 aromatic rings. The van der Waals surface area contributed by atoms with Crippen LogP contribution in [-0.2, 0) is 0 Å². The lowest BCUT2D eigenvalue weighted by atomic mass is 9.86. The molecule has 1 heteroatoms. The van der Waals surface area contributed by atoms with Gasteiger partial charge < -0.3 is 4.90 Å². The minimum Gasteiger partial charge on any atom is -0.310 e. The summed E-state index contributed by atoms with van der Waals surface area (Å²) in [6.45, 7) is 0. The SMILES string of the molecule is c1ccc(-c2c3ccccc3c(-c3ccc(N(c4ccc(-c5c6ccccc6c(-c6ccccc6)c6ccccc56)cc4)c4cccc5ccccc45)cc3)c3ccccc23)cc1. The Morgan fingerprint density at radius 1 is 0.190 bits per heavy atom. The number of nitrogens with zero attached hydrogens (tertiary/aromatic N) is 1. The van der Waals surface area contributed by atoms with Crippen molar-refractivity contribution < 1.29 is 0 Å². The summed E-state index contributed by atoms with van der Waals surface area (Å²) < 4.78 is 0. The summed E-state index contributed by atoms with van der Waals surface area (Å²) in [4.78, 5) is 2.42. The summed E-state index contributed by atoms with van der Waals surface area (Å²) in [5.41, 5.74) is 13.2. The van der Waals surface area contributed by atoms with E-state index in [-0.39, 0.29) is 0 Å². The van der Waals surface area contributed by atoms with Crippen molar-refractivity contribution in [1.29, 1.82) is 0 Å². The zero-order valence-electron chi connectivity index (χ0n) is 34.6. The molecule has 0 saturated heterocycles.